The van der Waals surface area contributed by atoms with E-state index in [1.54, 1.807) is 24.3 Å². The standard InChI is InChI=1S/C28H16N6/c29-16-18-5-9-20(10-6-18)27-31-23-14-13-22(15-25(23)32-27)34-26-4-2-1-3-24(26)33-28(34)21-11-7-19(17-30)8-12-21/h1-15H,(H,31,32). The molecule has 4 aromatic carbocycles. The van der Waals surface area contributed by atoms with E-state index in [4.69, 9.17) is 20.5 Å². The summed E-state index contributed by atoms with van der Waals surface area (Å²) in [6, 6.07) is 33.2. The second kappa shape index (κ2) is 7.74. The molecule has 0 saturated heterocycles. The first-order chi connectivity index (χ1) is 16.7. The van der Waals surface area contributed by atoms with E-state index in [0.29, 0.717) is 11.1 Å². The second-order valence-corrected chi connectivity index (χ2v) is 7.92. The fourth-order valence-electron chi connectivity index (χ4n) is 4.15. The summed E-state index contributed by atoms with van der Waals surface area (Å²) < 4.78 is 2.12. The Morgan fingerprint density at radius 3 is 2.06 bits per heavy atom. The molecule has 1 N–H and O–H groups in total. The summed E-state index contributed by atoms with van der Waals surface area (Å²) in [7, 11) is 0. The van der Waals surface area contributed by atoms with Crippen LogP contribution in [-0.4, -0.2) is 19.5 Å². The first-order valence-electron chi connectivity index (χ1n) is 10.7. The monoisotopic (exact) mass is 436 g/mol. The van der Waals surface area contributed by atoms with E-state index in [2.05, 4.69) is 33.8 Å². The topological polar surface area (TPSA) is 94.1 Å². The Labute approximate surface area is 195 Å². The lowest BCUT2D eigenvalue weighted by molar-refractivity contribution is 1.10. The minimum Gasteiger partial charge on any atom is -0.338 e. The minimum absolute atomic E-state index is 0.612. The van der Waals surface area contributed by atoms with Crippen molar-refractivity contribution < 1.29 is 0 Å². The molecule has 0 atom stereocenters. The van der Waals surface area contributed by atoms with Gasteiger partial charge in [0.2, 0.25) is 0 Å². The van der Waals surface area contributed by atoms with E-state index >= 15 is 0 Å². The van der Waals surface area contributed by atoms with E-state index in [-0.39, 0.29) is 0 Å². The molecule has 0 unspecified atom stereocenters. The van der Waals surface area contributed by atoms with E-state index < -0.39 is 0 Å². The molecule has 0 amide bonds. The van der Waals surface area contributed by atoms with Crippen LogP contribution in [0.25, 0.3) is 50.5 Å². The number of aromatic amines is 1. The molecule has 2 heterocycles. The molecular formula is C28H16N6. The van der Waals surface area contributed by atoms with Crippen molar-refractivity contribution in [2.45, 2.75) is 0 Å². The minimum atomic E-state index is 0.612. The van der Waals surface area contributed by atoms with Gasteiger partial charge in [0.05, 0.1) is 45.3 Å². The van der Waals surface area contributed by atoms with Crippen molar-refractivity contribution in [3.63, 3.8) is 0 Å². The molecule has 158 valence electrons. The number of H-pyrrole nitrogens is 1. The highest BCUT2D eigenvalue weighted by molar-refractivity contribution is 5.86. The Balaban J connectivity index is 1.51. The van der Waals surface area contributed by atoms with Crippen LogP contribution in [0, 0.1) is 22.7 Å². The van der Waals surface area contributed by atoms with Crippen molar-refractivity contribution in [3.05, 3.63) is 102 Å². The molecule has 2 aromatic heterocycles. The maximum Gasteiger partial charge on any atom is 0.145 e. The van der Waals surface area contributed by atoms with Gasteiger partial charge in [0.15, 0.2) is 0 Å². The summed E-state index contributed by atoms with van der Waals surface area (Å²) in [5, 5.41) is 18.2. The predicted molar refractivity (Wildman–Crippen MR) is 131 cm³/mol. The van der Waals surface area contributed by atoms with Gasteiger partial charge in [-0.1, -0.05) is 12.1 Å². The number of hydrogen-bond acceptors (Lipinski definition) is 4. The summed E-state index contributed by atoms with van der Waals surface area (Å²) in [4.78, 5) is 13.0. The average Bonchev–Trinajstić information content (AvgIpc) is 3.50. The first-order valence-corrected chi connectivity index (χ1v) is 10.7. The Morgan fingerprint density at radius 1 is 0.676 bits per heavy atom. The number of para-hydroxylation sites is 2. The van der Waals surface area contributed by atoms with Crippen molar-refractivity contribution in [2.75, 3.05) is 0 Å². The highest BCUT2D eigenvalue weighted by atomic mass is 15.1. The van der Waals surface area contributed by atoms with Gasteiger partial charge in [0.25, 0.3) is 0 Å². The van der Waals surface area contributed by atoms with E-state index in [1.165, 1.54) is 0 Å². The smallest absolute Gasteiger partial charge is 0.145 e. The number of nitriles is 2. The number of rotatable bonds is 3. The van der Waals surface area contributed by atoms with Crippen LogP contribution in [0.2, 0.25) is 0 Å². The molecule has 6 nitrogen and oxygen atoms in total. The number of nitrogens with one attached hydrogen (secondary N) is 1. The Bertz CT molecular complexity index is 1760. The van der Waals surface area contributed by atoms with Crippen LogP contribution in [-0.2, 0) is 0 Å². The zero-order chi connectivity index (χ0) is 23.1. The number of aromatic nitrogens is 4. The maximum absolute atomic E-state index is 9.16. The van der Waals surface area contributed by atoms with Crippen LogP contribution < -0.4 is 0 Å². The molecule has 0 aliphatic carbocycles. The molecule has 34 heavy (non-hydrogen) atoms. The lowest BCUT2D eigenvalue weighted by Gasteiger charge is -2.10. The molecule has 6 heteroatoms. The van der Waals surface area contributed by atoms with Crippen molar-refractivity contribution in [3.8, 4) is 40.6 Å². The molecule has 0 bridgehead atoms. The van der Waals surface area contributed by atoms with Crippen LogP contribution in [0.3, 0.4) is 0 Å². The fourth-order valence-corrected chi connectivity index (χ4v) is 4.15. The van der Waals surface area contributed by atoms with Gasteiger partial charge in [-0.15, -0.1) is 0 Å². The van der Waals surface area contributed by atoms with Crippen LogP contribution in [0.5, 0.6) is 0 Å². The van der Waals surface area contributed by atoms with Gasteiger partial charge < -0.3 is 4.98 Å². The normalized spacial score (nSPS) is 10.9. The first kappa shape index (κ1) is 19.5. The number of fused-ring (bicyclic) bond motifs is 2. The quantitative estimate of drug-likeness (QED) is 0.369. The van der Waals surface area contributed by atoms with E-state index in [1.807, 2.05) is 54.6 Å². The number of imidazole rings is 2. The predicted octanol–water partition coefficient (Wildman–Crippen LogP) is 5.98. The molecule has 0 saturated carbocycles. The Hall–Kier alpha value is -5.20. The Morgan fingerprint density at radius 2 is 1.35 bits per heavy atom. The van der Waals surface area contributed by atoms with Gasteiger partial charge in [-0.2, -0.15) is 10.5 Å². The Kier molecular flexibility index (Phi) is 4.43. The van der Waals surface area contributed by atoms with Gasteiger partial charge in [0, 0.05) is 16.8 Å². The molecule has 0 fully saturated rings. The van der Waals surface area contributed by atoms with Crippen LogP contribution in [0.4, 0.5) is 0 Å². The number of hydrogen-bond donors (Lipinski definition) is 1. The average molecular weight is 436 g/mol. The third kappa shape index (κ3) is 3.19. The fraction of sp³-hybridized carbons (Fsp3) is 0. The summed E-state index contributed by atoms with van der Waals surface area (Å²) in [5.74, 6) is 1.55. The van der Waals surface area contributed by atoms with Gasteiger partial charge in [-0.25, -0.2) is 9.97 Å². The van der Waals surface area contributed by atoms with Crippen molar-refractivity contribution in [2.24, 2.45) is 0 Å². The lowest BCUT2D eigenvalue weighted by atomic mass is 10.1. The lowest BCUT2D eigenvalue weighted by Crippen LogP contribution is -1.97. The molecule has 6 aromatic rings. The highest BCUT2D eigenvalue weighted by Crippen LogP contribution is 2.30. The van der Waals surface area contributed by atoms with Gasteiger partial charge in [0.1, 0.15) is 11.6 Å². The largest absolute Gasteiger partial charge is 0.338 e. The molecule has 6 rings (SSSR count). The maximum atomic E-state index is 9.16. The van der Waals surface area contributed by atoms with Crippen molar-refractivity contribution in [1.29, 1.82) is 10.5 Å². The van der Waals surface area contributed by atoms with Crippen molar-refractivity contribution in [1.82, 2.24) is 19.5 Å². The van der Waals surface area contributed by atoms with Crippen LogP contribution in [0.15, 0.2) is 91.0 Å². The zero-order valence-electron chi connectivity index (χ0n) is 17.9. The number of nitrogens with zero attached hydrogens (tertiary/aromatic N) is 5. The van der Waals surface area contributed by atoms with E-state index in [0.717, 1.165) is 50.5 Å². The summed E-state index contributed by atoms with van der Waals surface area (Å²) in [6.07, 6.45) is 0. The van der Waals surface area contributed by atoms with Crippen LogP contribution >= 0.6 is 0 Å². The van der Waals surface area contributed by atoms with Gasteiger partial charge >= 0.3 is 0 Å². The third-order valence-electron chi connectivity index (χ3n) is 5.84. The summed E-state index contributed by atoms with van der Waals surface area (Å²) in [6.45, 7) is 0. The van der Waals surface area contributed by atoms with Gasteiger partial charge in [-0.05, 0) is 78.9 Å². The van der Waals surface area contributed by atoms with Crippen molar-refractivity contribution >= 4 is 22.1 Å². The molecule has 0 radical (unpaired) electrons. The van der Waals surface area contributed by atoms with E-state index in [9.17, 15) is 0 Å². The third-order valence-corrected chi connectivity index (χ3v) is 5.84. The SMILES string of the molecule is N#Cc1ccc(-c2nc3ccc(-n4c(-c5ccc(C#N)cc5)nc5ccccc54)cc3[nH]2)cc1. The number of benzene rings is 4. The highest BCUT2D eigenvalue weighted by Gasteiger charge is 2.15. The van der Waals surface area contributed by atoms with Crippen LogP contribution in [0.1, 0.15) is 11.1 Å². The molecule has 0 aliphatic heterocycles. The summed E-state index contributed by atoms with van der Waals surface area (Å²) in [5.41, 5.74) is 7.67. The van der Waals surface area contributed by atoms with Gasteiger partial charge in [-0.3, -0.25) is 4.57 Å². The zero-order valence-corrected chi connectivity index (χ0v) is 17.9. The molecule has 0 aliphatic rings. The molecule has 0 spiro atoms. The second-order valence-electron chi connectivity index (χ2n) is 7.92. The molecular weight excluding hydrogens is 420 g/mol. The summed E-state index contributed by atoms with van der Waals surface area (Å²) >= 11 is 0.